The number of carbonyl (C=O) groups is 3. The van der Waals surface area contributed by atoms with Gasteiger partial charge < -0.3 is 15.5 Å². The predicted molar refractivity (Wildman–Crippen MR) is 147 cm³/mol. The molecule has 188 valence electrons. The van der Waals surface area contributed by atoms with Gasteiger partial charge in [-0.15, -0.1) is 11.3 Å². The second-order valence-electron chi connectivity index (χ2n) is 8.82. The van der Waals surface area contributed by atoms with Crippen LogP contribution >= 0.6 is 11.3 Å². The molecule has 3 aromatic heterocycles. The van der Waals surface area contributed by atoms with Crippen molar-refractivity contribution >= 4 is 56.5 Å². The quantitative estimate of drug-likeness (QED) is 0.356. The van der Waals surface area contributed by atoms with Crippen LogP contribution in [-0.2, 0) is 4.79 Å². The topological polar surface area (TPSA) is 108 Å². The van der Waals surface area contributed by atoms with E-state index in [0.29, 0.717) is 50.8 Å². The number of anilines is 3. The fraction of sp³-hybridized carbons (Fsp3) is 0.107. The number of hydrogen-bond acceptors (Lipinski definition) is 6. The zero-order valence-corrected chi connectivity index (χ0v) is 21.0. The molecule has 0 radical (unpaired) electrons. The molecule has 0 bridgehead atoms. The first-order valence-corrected chi connectivity index (χ1v) is 12.8. The standard InChI is InChI=1S/C28H22N6O3S/c1-2-22(35)33-12-6-9-19(16-33)31-26(36)25-24-23-21(10-11-30-27(23)38-25)34(28(37)32-24)20-13-18(14-29-15-20)17-7-4-3-5-8-17/h2-5,7-11,13-15H,1,6,12,16H2,(H,31,36)(H,32,37). The van der Waals surface area contributed by atoms with Gasteiger partial charge in [0.05, 0.1) is 35.2 Å². The van der Waals surface area contributed by atoms with Gasteiger partial charge >= 0.3 is 6.03 Å². The molecule has 0 aliphatic carbocycles. The lowest BCUT2D eigenvalue weighted by Gasteiger charge is -2.28. The number of thiophene rings is 1. The van der Waals surface area contributed by atoms with Gasteiger partial charge in [0, 0.05) is 30.2 Å². The molecule has 1 aromatic carbocycles. The molecule has 0 spiro atoms. The van der Waals surface area contributed by atoms with E-state index in [-0.39, 0.29) is 18.4 Å². The van der Waals surface area contributed by atoms with E-state index in [9.17, 15) is 14.4 Å². The molecule has 5 heterocycles. The summed E-state index contributed by atoms with van der Waals surface area (Å²) in [4.78, 5) is 51.8. The maximum Gasteiger partial charge on any atom is 0.331 e. The fourth-order valence-corrected chi connectivity index (χ4v) is 5.71. The number of nitrogens with zero attached hydrogens (tertiary/aromatic N) is 4. The van der Waals surface area contributed by atoms with Crippen molar-refractivity contribution in [2.45, 2.75) is 6.42 Å². The zero-order chi connectivity index (χ0) is 26.2. The number of hydrogen-bond donors (Lipinski definition) is 2. The highest BCUT2D eigenvalue weighted by Crippen LogP contribution is 2.45. The monoisotopic (exact) mass is 522 g/mol. The molecule has 4 aromatic rings. The minimum atomic E-state index is -0.399. The van der Waals surface area contributed by atoms with Crippen molar-refractivity contribution in [2.24, 2.45) is 0 Å². The largest absolute Gasteiger partial charge is 0.333 e. The number of benzene rings is 1. The van der Waals surface area contributed by atoms with Crippen LogP contribution in [0.5, 0.6) is 0 Å². The second-order valence-corrected chi connectivity index (χ2v) is 9.81. The molecule has 38 heavy (non-hydrogen) atoms. The summed E-state index contributed by atoms with van der Waals surface area (Å²) in [5, 5.41) is 6.50. The van der Waals surface area contributed by atoms with E-state index >= 15 is 0 Å². The Balaban J connectivity index is 1.35. The van der Waals surface area contributed by atoms with E-state index in [4.69, 9.17) is 0 Å². The molecule has 0 unspecified atom stereocenters. The average molecular weight is 523 g/mol. The molecule has 0 saturated carbocycles. The van der Waals surface area contributed by atoms with E-state index < -0.39 is 6.03 Å². The van der Waals surface area contributed by atoms with E-state index in [1.54, 1.807) is 34.5 Å². The summed E-state index contributed by atoms with van der Waals surface area (Å²) in [6, 6.07) is 13.1. The molecule has 9 nitrogen and oxygen atoms in total. The van der Waals surface area contributed by atoms with Crippen molar-refractivity contribution in [3.8, 4) is 11.1 Å². The Hall–Kier alpha value is -4.83. The number of aromatic nitrogens is 2. The van der Waals surface area contributed by atoms with Crippen LogP contribution in [0.15, 0.2) is 85.5 Å². The summed E-state index contributed by atoms with van der Waals surface area (Å²) in [6.07, 6.45) is 8.81. The van der Waals surface area contributed by atoms with Gasteiger partial charge in [-0.25, -0.2) is 9.78 Å². The van der Waals surface area contributed by atoms with Crippen molar-refractivity contribution in [1.82, 2.24) is 20.2 Å². The Morgan fingerprint density at radius 1 is 1.13 bits per heavy atom. The Labute approximate surface area is 222 Å². The van der Waals surface area contributed by atoms with Gasteiger partial charge in [0.25, 0.3) is 5.91 Å². The van der Waals surface area contributed by atoms with Crippen LogP contribution in [0, 0.1) is 0 Å². The molecule has 2 aliphatic heterocycles. The SMILES string of the molecule is C=CC(=O)N1CCC=C(NC(=O)c2sc3nccc4c3c2NC(=O)N4c2cncc(-c3ccccc3)c2)C1. The van der Waals surface area contributed by atoms with Crippen LogP contribution in [0.4, 0.5) is 21.9 Å². The van der Waals surface area contributed by atoms with Crippen molar-refractivity contribution < 1.29 is 14.4 Å². The second kappa shape index (κ2) is 9.56. The Bertz CT molecular complexity index is 1650. The maximum absolute atomic E-state index is 13.4. The molecule has 2 N–H and O–H groups in total. The first-order chi connectivity index (χ1) is 18.5. The van der Waals surface area contributed by atoms with Crippen LogP contribution in [0.1, 0.15) is 16.1 Å². The maximum atomic E-state index is 13.4. The minimum absolute atomic E-state index is 0.186. The van der Waals surface area contributed by atoms with Gasteiger partial charge in [-0.05, 0) is 30.2 Å². The van der Waals surface area contributed by atoms with Gasteiger partial charge in [0.15, 0.2) is 0 Å². The minimum Gasteiger partial charge on any atom is -0.333 e. The number of urea groups is 1. The predicted octanol–water partition coefficient (Wildman–Crippen LogP) is 5.07. The highest BCUT2D eigenvalue weighted by molar-refractivity contribution is 7.21. The molecule has 0 saturated heterocycles. The van der Waals surface area contributed by atoms with Gasteiger partial charge in [-0.1, -0.05) is 43.0 Å². The van der Waals surface area contributed by atoms with Gasteiger partial charge in [0.1, 0.15) is 9.71 Å². The highest BCUT2D eigenvalue weighted by Gasteiger charge is 2.33. The van der Waals surface area contributed by atoms with E-state index in [0.717, 1.165) is 11.1 Å². The van der Waals surface area contributed by atoms with Crippen molar-refractivity contribution in [3.63, 3.8) is 0 Å². The van der Waals surface area contributed by atoms with Crippen LogP contribution in [0.25, 0.3) is 21.3 Å². The highest BCUT2D eigenvalue weighted by atomic mass is 32.1. The summed E-state index contributed by atoms with van der Waals surface area (Å²) in [5.41, 5.74) is 4.13. The lowest BCUT2D eigenvalue weighted by molar-refractivity contribution is -0.125. The first-order valence-electron chi connectivity index (χ1n) is 12.0. The van der Waals surface area contributed by atoms with Gasteiger partial charge in [0.2, 0.25) is 5.91 Å². The number of amides is 4. The lowest BCUT2D eigenvalue weighted by atomic mass is 10.1. The third-order valence-electron chi connectivity index (χ3n) is 6.45. The molecule has 6 rings (SSSR count). The van der Waals surface area contributed by atoms with E-state index in [1.165, 1.54) is 17.4 Å². The number of pyridine rings is 2. The van der Waals surface area contributed by atoms with Crippen molar-refractivity contribution in [3.05, 3.63) is 90.4 Å². The fourth-order valence-electron chi connectivity index (χ4n) is 4.69. The molecule has 2 aliphatic rings. The average Bonchev–Trinajstić information content (AvgIpc) is 3.33. The lowest BCUT2D eigenvalue weighted by Crippen LogP contribution is -2.39. The third-order valence-corrected chi connectivity index (χ3v) is 7.55. The Morgan fingerprint density at radius 2 is 1.97 bits per heavy atom. The zero-order valence-electron chi connectivity index (χ0n) is 20.2. The van der Waals surface area contributed by atoms with E-state index in [2.05, 4.69) is 27.2 Å². The van der Waals surface area contributed by atoms with Gasteiger partial charge in [-0.3, -0.25) is 19.5 Å². The smallest absolute Gasteiger partial charge is 0.331 e. The molecule has 10 heteroatoms. The van der Waals surface area contributed by atoms with Crippen LogP contribution in [-0.4, -0.2) is 45.8 Å². The summed E-state index contributed by atoms with van der Waals surface area (Å²) >= 11 is 1.21. The van der Waals surface area contributed by atoms with Crippen LogP contribution < -0.4 is 15.5 Å². The molecular weight excluding hydrogens is 500 g/mol. The van der Waals surface area contributed by atoms with Crippen LogP contribution in [0.2, 0.25) is 0 Å². The molecule has 0 fully saturated rings. The number of carbonyl (C=O) groups excluding carboxylic acids is 3. The van der Waals surface area contributed by atoms with Gasteiger partial charge in [-0.2, -0.15) is 0 Å². The summed E-state index contributed by atoms with van der Waals surface area (Å²) in [7, 11) is 0. The van der Waals surface area contributed by atoms with Crippen molar-refractivity contribution in [2.75, 3.05) is 23.3 Å². The normalized spacial score (nSPS) is 14.6. The summed E-state index contributed by atoms with van der Waals surface area (Å²) < 4.78 is 0. The van der Waals surface area contributed by atoms with E-state index in [1.807, 2.05) is 42.5 Å². The third kappa shape index (κ3) is 4.10. The summed E-state index contributed by atoms with van der Waals surface area (Å²) in [6.45, 7) is 4.39. The Kier molecular flexibility index (Phi) is 5.93. The Morgan fingerprint density at radius 3 is 2.79 bits per heavy atom. The number of nitrogens with one attached hydrogen (secondary N) is 2. The molecule has 4 amide bonds. The summed E-state index contributed by atoms with van der Waals surface area (Å²) in [5.74, 6) is -0.552. The van der Waals surface area contributed by atoms with Crippen molar-refractivity contribution in [1.29, 1.82) is 0 Å². The molecule has 0 atom stereocenters. The molecular formula is C28H22N6O3S. The first kappa shape index (κ1) is 23.6. The van der Waals surface area contributed by atoms with Crippen LogP contribution in [0.3, 0.4) is 0 Å². The number of rotatable bonds is 5.